The second-order valence-corrected chi connectivity index (χ2v) is 5.48. The van der Waals surface area contributed by atoms with Gasteiger partial charge in [-0.15, -0.1) is 0 Å². The van der Waals surface area contributed by atoms with Crippen LogP contribution in [0.2, 0.25) is 0 Å². The standard InChI is InChI=1S/C13H26N2O/c1-4-5-11-6-8-13(9-7-11,12(14)16)15-10(2)3/h10-11,15H,4-9H2,1-3H3,(H2,14,16). The van der Waals surface area contributed by atoms with Gasteiger partial charge < -0.3 is 11.1 Å². The largest absolute Gasteiger partial charge is 0.368 e. The Morgan fingerprint density at radius 1 is 1.44 bits per heavy atom. The Balaban J connectivity index is 2.59. The fraction of sp³-hybridized carbons (Fsp3) is 0.923. The van der Waals surface area contributed by atoms with Crippen LogP contribution in [0, 0.1) is 5.92 Å². The first-order valence-electron chi connectivity index (χ1n) is 6.58. The molecule has 0 aliphatic heterocycles. The zero-order valence-corrected chi connectivity index (χ0v) is 10.9. The predicted molar refractivity (Wildman–Crippen MR) is 67.1 cm³/mol. The van der Waals surface area contributed by atoms with Gasteiger partial charge in [0, 0.05) is 6.04 Å². The van der Waals surface area contributed by atoms with Gasteiger partial charge in [0.2, 0.25) is 5.91 Å². The van der Waals surface area contributed by atoms with Gasteiger partial charge in [-0.05, 0) is 45.4 Å². The summed E-state index contributed by atoms with van der Waals surface area (Å²) in [5.74, 6) is 0.627. The first-order chi connectivity index (χ1) is 7.50. The van der Waals surface area contributed by atoms with E-state index in [1.807, 2.05) is 0 Å². The van der Waals surface area contributed by atoms with Crippen LogP contribution in [0.5, 0.6) is 0 Å². The second-order valence-electron chi connectivity index (χ2n) is 5.48. The third-order valence-corrected chi connectivity index (χ3v) is 3.69. The summed E-state index contributed by atoms with van der Waals surface area (Å²) in [7, 11) is 0. The van der Waals surface area contributed by atoms with Crippen molar-refractivity contribution in [1.29, 1.82) is 0 Å². The molecule has 0 aromatic heterocycles. The fourth-order valence-electron chi connectivity index (χ4n) is 2.88. The van der Waals surface area contributed by atoms with Crippen molar-refractivity contribution in [2.24, 2.45) is 11.7 Å². The van der Waals surface area contributed by atoms with Crippen LogP contribution in [0.3, 0.4) is 0 Å². The minimum atomic E-state index is -0.432. The fourth-order valence-corrected chi connectivity index (χ4v) is 2.88. The maximum Gasteiger partial charge on any atom is 0.237 e. The lowest BCUT2D eigenvalue weighted by Gasteiger charge is -2.39. The molecule has 0 bridgehead atoms. The van der Waals surface area contributed by atoms with Crippen LogP contribution in [-0.4, -0.2) is 17.5 Å². The summed E-state index contributed by atoms with van der Waals surface area (Å²) in [4.78, 5) is 11.6. The Kier molecular flexibility index (Phi) is 4.78. The molecule has 94 valence electrons. The van der Waals surface area contributed by atoms with Crippen molar-refractivity contribution in [2.45, 2.75) is 70.9 Å². The maximum atomic E-state index is 11.6. The topological polar surface area (TPSA) is 55.1 Å². The smallest absolute Gasteiger partial charge is 0.237 e. The van der Waals surface area contributed by atoms with Crippen LogP contribution in [-0.2, 0) is 4.79 Å². The molecule has 0 atom stereocenters. The van der Waals surface area contributed by atoms with Crippen LogP contribution in [0.15, 0.2) is 0 Å². The quantitative estimate of drug-likeness (QED) is 0.755. The van der Waals surface area contributed by atoms with E-state index in [0.717, 1.165) is 31.6 Å². The van der Waals surface area contributed by atoms with Crippen molar-refractivity contribution in [3.63, 3.8) is 0 Å². The third-order valence-electron chi connectivity index (χ3n) is 3.69. The highest BCUT2D eigenvalue weighted by molar-refractivity contribution is 5.84. The molecule has 3 nitrogen and oxygen atoms in total. The predicted octanol–water partition coefficient (Wildman–Crippen LogP) is 2.20. The zero-order chi connectivity index (χ0) is 12.2. The Hall–Kier alpha value is -0.570. The van der Waals surface area contributed by atoms with Gasteiger partial charge in [-0.1, -0.05) is 19.8 Å². The zero-order valence-electron chi connectivity index (χ0n) is 10.9. The Morgan fingerprint density at radius 2 is 2.00 bits per heavy atom. The number of nitrogens with one attached hydrogen (secondary N) is 1. The summed E-state index contributed by atoms with van der Waals surface area (Å²) in [6, 6.07) is 0.315. The van der Waals surface area contributed by atoms with Gasteiger partial charge in [-0.2, -0.15) is 0 Å². The normalized spacial score (nSPS) is 30.6. The van der Waals surface area contributed by atoms with E-state index in [9.17, 15) is 4.79 Å². The van der Waals surface area contributed by atoms with Crippen LogP contribution in [0.4, 0.5) is 0 Å². The lowest BCUT2D eigenvalue weighted by Crippen LogP contribution is -2.59. The molecule has 0 radical (unpaired) electrons. The average molecular weight is 226 g/mol. The lowest BCUT2D eigenvalue weighted by molar-refractivity contribution is -0.126. The number of hydrogen-bond donors (Lipinski definition) is 2. The summed E-state index contributed by atoms with van der Waals surface area (Å²) in [5.41, 5.74) is 5.14. The van der Waals surface area contributed by atoms with Crippen molar-refractivity contribution >= 4 is 5.91 Å². The molecular weight excluding hydrogens is 200 g/mol. The molecule has 3 heteroatoms. The maximum absolute atomic E-state index is 11.6. The van der Waals surface area contributed by atoms with Gasteiger partial charge in [-0.3, -0.25) is 4.79 Å². The number of carbonyl (C=O) groups is 1. The molecule has 0 heterocycles. The third kappa shape index (κ3) is 3.21. The number of amides is 1. The van der Waals surface area contributed by atoms with Crippen molar-refractivity contribution in [1.82, 2.24) is 5.32 Å². The summed E-state index contributed by atoms with van der Waals surface area (Å²) in [6.45, 7) is 6.37. The van der Waals surface area contributed by atoms with E-state index in [1.54, 1.807) is 0 Å². The van der Waals surface area contributed by atoms with E-state index < -0.39 is 5.54 Å². The van der Waals surface area contributed by atoms with Crippen molar-refractivity contribution < 1.29 is 4.79 Å². The molecule has 1 amide bonds. The van der Waals surface area contributed by atoms with Crippen LogP contribution in [0.1, 0.15) is 59.3 Å². The molecule has 16 heavy (non-hydrogen) atoms. The number of carbonyl (C=O) groups excluding carboxylic acids is 1. The second kappa shape index (κ2) is 5.67. The molecule has 1 saturated carbocycles. The molecule has 0 aromatic rings. The SMILES string of the molecule is CCCC1CCC(NC(C)C)(C(N)=O)CC1. The molecule has 1 aliphatic rings. The molecule has 0 spiro atoms. The van der Waals surface area contributed by atoms with Crippen molar-refractivity contribution in [2.75, 3.05) is 0 Å². The van der Waals surface area contributed by atoms with E-state index in [4.69, 9.17) is 5.73 Å². The lowest BCUT2D eigenvalue weighted by atomic mass is 9.74. The molecule has 1 rings (SSSR count). The molecular formula is C13H26N2O. The molecule has 3 N–H and O–H groups in total. The van der Waals surface area contributed by atoms with Crippen LogP contribution >= 0.6 is 0 Å². The van der Waals surface area contributed by atoms with Crippen molar-refractivity contribution in [3.8, 4) is 0 Å². The summed E-state index contributed by atoms with van der Waals surface area (Å²) in [6.07, 6.45) is 6.62. The number of hydrogen-bond acceptors (Lipinski definition) is 2. The highest BCUT2D eigenvalue weighted by atomic mass is 16.1. The highest BCUT2D eigenvalue weighted by Crippen LogP contribution is 2.34. The highest BCUT2D eigenvalue weighted by Gasteiger charge is 2.40. The molecule has 0 unspecified atom stereocenters. The van der Waals surface area contributed by atoms with Crippen LogP contribution < -0.4 is 11.1 Å². The summed E-state index contributed by atoms with van der Waals surface area (Å²) in [5, 5.41) is 3.38. The number of rotatable bonds is 5. The van der Waals surface area contributed by atoms with Gasteiger partial charge >= 0.3 is 0 Å². The van der Waals surface area contributed by atoms with Gasteiger partial charge in [0.15, 0.2) is 0 Å². The number of nitrogens with two attached hydrogens (primary N) is 1. The van der Waals surface area contributed by atoms with E-state index >= 15 is 0 Å². The minimum Gasteiger partial charge on any atom is -0.368 e. The van der Waals surface area contributed by atoms with Gasteiger partial charge in [0.05, 0.1) is 5.54 Å². The van der Waals surface area contributed by atoms with E-state index in [0.29, 0.717) is 6.04 Å². The average Bonchev–Trinajstić information content (AvgIpc) is 2.20. The van der Waals surface area contributed by atoms with E-state index in [2.05, 4.69) is 26.1 Å². The molecule has 0 saturated heterocycles. The number of primary amides is 1. The summed E-state index contributed by atoms with van der Waals surface area (Å²) < 4.78 is 0. The van der Waals surface area contributed by atoms with Crippen molar-refractivity contribution in [3.05, 3.63) is 0 Å². The molecule has 1 fully saturated rings. The van der Waals surface area contributed by atoms with Gasteiger partial charge in [0.25, 0.3) is 0 Å². The van der Waals surface area contributed by atoms with Crippen LogP contribution in [0.25, 0.3) is 0 Å². The Labute approximate surface area is 99.2 Å². The molecule has 1 aliphatic carbocycles. The first-order valence-corrected chi connectivity index (χ1v) is 6.58. The Bertz CT molecular complexity index is 230. The van der Waals surface area contributed by atoms with E-state index in [1.165, 1.54) is 12.8 Å². The Morgan fingerprint density at radius 3 is 2.38 bits per heavy atom. The summed E-state index contributed by atoms with van der Waals surface area (Å²) >= 11 is 0. The van der Waals surface area contributed by atoms with Gasteiger partial charge in [0.1, 0.15) is 0 Å². The minimum absolute atomic E-state index is 0.170. The van der Waals surface area contributed by atoms with E-state index in [-0.39, 0.29) is 5.91 Å². The first kappa shape index (κ1) is 13.5. The monoisotopic (exact) mass is 226 g/mol. The van der Waals surface area contributed by atoms with Gasteiger partial charge in [-0.25, -0.2) is 0 Å². The molecule has 0 aromatic carbocycles.